The normalized spacial score (nSPS) is 9.47. The van der Waals surface area contributed by atoms with Crippen molar-refractivity contribution >= 4 is 23.3 Å². The molecule has 90 valence electrons. The molecule has 0 saturated carbocycles. The van der Waals surface area contributed by atoms with Crippen molar-refractivity contribution in [3.8, 4) is 6.07 Å². The lowest BCUT2D eigenvalue weighted by molar-refractivity contribution is -0.142. The van der Waals surface area contributed by atoms with Crippen molar-refractivity contribution in [2.75, 3.05) is 18.5 Å². The molecule has 0 amide bonds. The van der Waals surface area contributed by atoms with Gasteiger partial charge in [-0.25, -0.2) is 0 Å². The standard InChI is InChI=1S/C12H13ClN2O2/c1-2-17-12(16)5-6-15-11-7-10(13)4-3-9(11)8-14/h3-4,7,15H,2,5-6H2,1H3. The van der Waals surface area contributed by atoms with Gasteiger partial charge in [0.2, 0.25) is 0 Å². The average molecular weight is 253 g/mol. The first kappa shape index (κ1) is 13.3. The molecule has 0 unspecified atom stereocenters. The molecule has 1 rings (SSSR count). The Morgan fingerprint density at radius 2 is 2.35 bits per heavy atom. The van der Waals surface area contributed by atoms with Crippen LogP contribution in [0.4, 0.5) is 5.69 Å². The van der Waals surface area contributed by atoms with Crippen molar-refractivity contribution in [3.63, 3.8) is 0 Å². The molecule has 1 aromatic carbocycles. The minimum Gasteiger partial charge on any atom is -0.466 e. The summed E-state index contributed by atoms with van der Waals surface area (Å²) in [6.07, 6.45) is 0.255. The summed E-state index contributed by atoms with van der Waals surface area (Å²) < 4.78 is 4.79. The molecule has 0 saturated heterocycles. The van der Waals surface area contributed by atoms with E-state index in [0.717, 1.165) is 0 Å². The molecule has 1 aromatic rings. The van der Waals surface area contributed by atoms with E-state index in [1.807, 2.05) is 6.07 Å². The maximum Gasteiger partial charge on any atom is 0.307 e. The molecular formula is C12H13ClN2O2. The number of carbonyl (C=O) groups excluding carboxylic acids is 1. The van der Waals surface area contributed by atoms with Crippen LogP contribution >= 0.6 is 11.6 Å². The summed E-state index contributed by atoms with van der Waals surface area (Å²) in [5, 5.41) is 12.4. The third-order valence-corrected chi connectivity index (χ3v) is 2.29. The van der Waals surface area contributed by atoms with Crippen LogP contribution in [0.5, 0.6) is 0 Å². The first-order chi connectivity index (χ1) is 8.17. The summed E-state index contributed by atoms with van der Waals surface area (Å²) in [4.78, 5) is 11.1. The molecular weight excluding hydrogens is 240 g/mol. The van der Waals surface area contributed by atoms with Crippen LogP contribution in [0.3, 0.4) is 0 Å². The number of carbonyl (C=O) groups is 1. The van der Waals surface area contributed by atoms with E-state index in [1.54, 1.807) is 25.1 Å². The molecule has 0 atom stereocenters. The number of nitrogens with one attached hydrogen (secondary N) is 1. The number of esters is 1. The predicted molar refractivity (Wildman–Crippen MR) is 65.9 cm³/mol. The van der Waals surface area contributed by atoms with Gasteiger partial charge in [0, 0.05) is 11.6 Å². The molecule has 1 N–H and O–H groups in total. The average Bonchev–Trinajstić information content (AvgIpc) is 2.30. The first-order valence-electron chi connectivity index (χ1n) is 5.26. The van der Waals surface area contributed by atoms with Gasteiger partial charge in [-0.3, -0.25) is 4.79 Å². The summed E-state index contributed by atoms with van der Waals surface area (Å²) in [6, 6.07) is 6.99. The second-order valence-electron chi connectivity index (χ2n) is 3.28. The number of halogens is 1. The van der Waals surface area contributed by atoms with Crippen LogP contribution < -0.4 is 5.32 Å². The van der Waals surface area contributed by atoms with Gasteiger partial charge < -0.3 is 10.1 Å². The molecule has 0 bridgehead atoms. The molecule has 0 heterocycles. The van der Waals surface area contributed by atoms with Gasteiger partial charge in [0.25, 0.3) is 0 Å². The highest BCUT2D eigenvalue weighted by atomic mass is 35.5. The minimum atomic E-state index is -0.263. The number of nitriles is 1. The number of benzene rings is 1. The van der Waals surface area contributed by atoms with Crippen LogP contribution in [-0.4, -0.2) is 19.1 Å². The molecule has 0 aromatic heterocycles. The van der Waals surface area contributed by atoms with Crippen molar-refractivity contribution in [2.45, 2.75) is 13.3 Å². The van der Waals surface area contributed by atoms with Crippen molar-refractivity contribution in [1.82, 2.24) is 0 Å². The molecule has 17 heavy (non-hydrogen) atoms. The van der Waals surface area contributed by atoms with Crippen LogP contribution in [-0.2, 0) is 9.53 Å². The highest BCUT2D eigenvalue weighted by Gasteiger charge is 2.04. The minimum absolute atomic E-state index is 0.255. The van der Waals surface area contributed by atoms with Crippen molar-refractivity contribution in [3.05, 3.63) is 28.8 Å². The lowest BCUT2D eigenvalue weighted by Crippen LogP contribution is -2.11. The zero-order valence-electron chi connectivity index (χ0n) is 9.50. The van der Waals surface area contributed by atoms with Gasteiger partial charge in [0.05, 0.1) is 24.3 Å². The van der Waals surface area contributed by atoms with E-state index < -0.39 is 0 Å². The number of ether oxygens (including phenoxy) is 1. The Morgan fingerprint density at radius 3 is 3.00 bits per heavy atom. The Bertz CT molecular complexity index is 441. The van der Waals surface area contributed by atoms with E-state index in [2.05, 4.69) is 5.32 Å². The Hall–Kier alpha value is -1.73. The lowest BCUT2D eigenvalue weighted by atomic mass is 10.2. The van der Waals surface area contributed by atoms with Crippen LogP contribution in [0, 0.1) is 11.3 Å². The number of hydrogen-bond donors (Lipinski definition) is 1. The van der Waals surface area contributed by atoms with Gasteiger partial charge in [-0.15, -0.1) is 0 Å². The van der Waals surface area contributed by atoms with E-state index in [1.165, 1.54) is 0 Å². The largest absolute Gasteiger partial charge is 0.466 e. The predicted octanol–water partition coefficient (Wildman–Crippen LogP) is 2.58. The smallest absolute Gasteiger partial charge is 0.307 e. The van der Waals surface area contributed by atoms with E-state index in [4.69, 9.17) is 21.6 Å². The second kappa shape index (κ2) is 6.77. The van der Waals surface area contributed by atoms with Crippen molar-refractivity contribution < 1.29 is 9.53 Å². The van der Waals surface area contributed by atoms with Crippen LogP contribution in [0.2, 0.25) is 5.02 Å². The zero-order chi connectivity index (χ0) is 12.7. The summed E-state index contributed by atoms with van der Waals surface area (Å²) >= 11 is 5.82. The number of anilines is 1. The third-order valence-electron chi connectivity index (χ3n) is 2.05. The topological polar surface area (TPSA) is 62.1 Å². The van der Waals surface area contributed by atoms with Gasteiger partial charge in [-0.05, 0) is 25.1 Å². The molecule has 4 nitrogen and oxygen atoms in total. The maximum absolute atomic E-state index is 11.1. The van der Waals surface area contributed by atoms with Gasteiger partial charge in [-0.2, -0.15) is 5.26 Å². The number of hydrogen-bond acceptors (Lipinski definition) is 4. The van der Waals surface area contributed by atoms with E-state index in [0.29, 0.717) is 29.4 Å². The Kier molecular flexibility index (Phi) is 5.31. The van der Waals surface area contributed by atoms with Crippen molar-refractivity contribution in [1.29, 1.82) is 5.26 Å². The van der Waals surface area contributed by atoms with Crippen LogP contribution in [0.1, 0.15) is 18.9 Å². The highest BCUT2D eigenvalue weighted by molar-refractivity contribution is 6.30. The summed E-state index contributed by atoms with van der Waals surface area (Å²) in [6.45, 7) is 2.55. The summed E-state index contributed by atoms with van der Waals surface area (Å²) in [5.41, 5.74) is 1.13. The SMILES string of the molecule is CCOC(=O)CCNc1cc(Cl)ccc1C#N. The molecule has 0 aliphatic rings. The van der Waals surface area contributed by atoms with Crippen LogP contribution in [0.15, 0.2) is 18.2 Å². The molecule has 0 spiro atoms. The van der Waals surface area contributed by atoms with Gasteiger partial charge in [0.15, 0.2) is 0 Å². The first-order valence-corrected chi connectivity index (χ1v) is 5.64. The molecule has 0 radical (unpaired) electrons. The fourth-order valence-electron chi connectivity index (χ4n) is 1.29. The zero-order valence-corrected chi connectivity index (χ0v) is 10.3. The van der Waals surface area contributed by atoms with Gasteiger partial charge >= 0.3 is 5.97 Å². The van der Waals surface area contributed by atoms with Gasteiger partial charge in [-0.1, -0.05) is 11.6 Å². The number of nitrogens with zero attached hydrogens (tertiary/aromatic N) is 1. The highest BCUT2D eigenvalue weighted by Crippen LogP contribution is 2.20. The molecule has 5 heteroatoms. The summed E-state index contributed by atoms with van der Waals surface area (Å²) in [5.74, 6) is -0.263. The summed E-state index contributed by atoms with van der Waals surface area (Å²) in [7, 11) is 0. The Labute approximate surface area is 105 Å². The second-order valence-corrected chi connectivity index (χ2v) is 3.72. The number of rotatable bonds is 5. The lowest BCUT2D eigenvalue weighted by Gasteiger charge is -2.08. The fourth-order valence-corrected chi connectivity index (χ4v) is 1.46. The van der Waals surface area contributed by atoms with Crippen molar-refractivity contribution in [2.24, 2.45) is 0 Å². The Morgan fingerprint density at radius 1 is 1.59 bits per heavy atom. The van der Waals surface area contributed by atoms with Gasteiger partial charge in [0.1, 0.15) is 6.07 Å². The fraction of sp³-hybridized carbons (Fsp3) is 0.333. The molecule has 0 aliphatic heterocycles. The quantitative estimate of drug-likeness (QED) is 0.818. The Balaban J connectivity index is 2.54. The van der Waals surface area contributed by atoms with Crippen LogP contribution in [0.25, 0.3) is 0 Å². The maximum atomic E-state index is 11.1. The molecule has 0 fully saturated rings. The molecule has 0 aliphatic carbocycles. The third kappa shape index (κ3) is 4.33. The van der Waals surface area contributed by atoms with E-state index >= 15 is 0 Å². The van der Waals surface area contributed by atoms with E-state index in [-0.39, 0.29) is 12.4 Å². The van der Waals surface area contributed by atoms with E-state index in [9.17, 15) is 4.79 Å². The monoisotopic (exact) mass is 252 g/mol.